The molecule has 0 spiro atoms. The number of amides is 2. The maximum Gasteiger partial charge on any atom is 0.242 e. The van der Waals surface area contributed by atoms with Crippen LogP contribution < -0.4 is 27.8 Å². The molecule has 10 heteroatoms. The molecular weight excluding hydrogens is 444 g/mol. The average molecular weight is 483 g/mol. The molecule has 190 valence electrons. The van der Waals surface area contributed by atoms with Gasteiger partial charge in [0.2, 0.25) is 11.8 Å². The van der Waals surface area contributed by atoms with Crippen LogP contribution in [0.2, 0.25) is 0 Å². The van der Waals surface area contributed by atoms with E-state index in [0.29, 0.717) is 38.3 Å². The molecule has 1 aromatic heterocycles. The minimum Gasteiger partial charge on any atom is -0.370 e. The van der Waals surface area contributed by atoms with Crippen molar-refractivity contribution in [1.82, 2.24) is 20.6 Å². The number of carbonyl (C=O) groups excluding carboxylic acids is 2. The zero-order valence-corrected chi connectivity index (χ0v) is 20.2. The van der Waals surface area contributed by atoms with Crippen molar-refractivity contribution in [3.63, 3.8) is 0 Å². The molecule has 1 fully saturated rings. The van der Waals surface area contributed by atoms with Gasteiger partial charge in [0.15, 0.2) is 5.96 Å². The Labute approximate surface area is 206 Å². The number of imidazole rings is 1. The number of guanidine groups is 1. The highest BCUT2D eigenvalue weighted by Crippen LogP contribution is 2.30. The van der Waals surface area contributed by atoms with E-state index in [2.05, 4.69) is 25.6 Å². The van der Waals surface area contributed by atoms with Gasteiger partial charge < -0.3 is 32.8 Å². The van der Waals surface area contributed by atoms with Gasteiger partial charge in [-0.3, -0.25) is 14.6 Å². The van der Waals surface area contributed by atoms with Crippen LogP contribution in [-0.4, -0.2) is 46.4 Å². The summed E-state index contributed by atoms with van der Waals surface area (Å²) in [5.74, 6) is 0.754. The second-order valence-electron chi connectivity index (χ2n) is 9.15. The number of hydrogen-bond acceptors (Lipinski definition) is 5. The summed E-state index contributed by atoms with van der Waals surface area (Å²) in [5.41, 5.74) is 18.7. The Hall–Kier alpha value is -3.40. The molecule has 0 saturated heterocycles. The normalized spacial score (nSPS) is 15.7. The van der Waals surface area contributed by atoms with Crippen molar-refractivity contribution in [2.75, 3.05) is 6.54 Å². The molecule has 2 aromatic rings. The standard InChI is InChI=1S/C25H38N8O2/c26-20(14-19-16-30-22(32-19)18-10-5-2-6-11-18)23(34)33-21(12-7-13-29-25(27)28)24(35)31-15-17-8-3-1-4-9-17/h1,3-4,8-9,16,18,20-21H,2,5-7,10-15,26H2,(H,30,32)(H,31,35)(H,33,34)(H4,27,28,29)/t20-,21-/m0/s1. The number of nitrogens with one attached hydrogen (secondary N) is 3. The second-order valence-corrected chi connectivity index (χ2v) is 9.15. The number of aliphatic imine (C=N–C) groups is 1. The van der Waals surface area contributed by atoms with Crippen molar-refractivity contribution in [3.05, 3.63) is 53.6 Å². The van der Waals surface area contributed by atoms with E-state index in [1.807, 2.05) is 30.3 Å². The third-order valence-electron chi connectivity index (χ3n) is 6.30. The zero-order valence-electron chi connectivity index (χ0n) is 20.2. The lowest BCUT2D eigenvalue weighted by Gasteiger charge is -2.21. The summed E-state index contributed by atoms with van der Waals surface area (Å²) in [6, 6.07) is 8.02. The first-order valence-corrected chi connectivity index (χ1v) is 12.4. The average Bonchev–Trinajstić information content (AvgIpc) is 3.33. The van der Waals surface area contributed by atoms with Gasteiger partial charge in [-0.2, -0.15) is 0 Å². The van der Waals surface area contributed by atoms with Crippen LogP contribution >= 0.6 is 0 Å². The molecule has 35 heavy (non-hydrogen) atoms. The van der Waals surface area contributed by atoms with Crippen LogP contribution in [0, 0.1) is 0 Å². The molecule has 2 atom stereocenters. The van der Waals surface area contributed by atoms with Gasteiger partial charge in [-0.25, -0.2) is 4.98 Å². The summed E-state index contributed by atoms with van der Waals surface area (Å²) in [6.07, 6.45) is 8.99. The summed E-state index contributed by atoms with van der Waals surface area (Å²) < 4.78 is 0. The van der Waals surface area contributed by atoms with Crippen LogP contribution in [-0.2, 0) is 22.6 Å². The first-order chi connectivity index (χ1) is 16.9. The Morgan fingerprint density at radius 3 is 2.57 bits per heavy atom. The van der Waals surface area contributed by atoms with Gasteiger partial charge in [0, 0.05) is 37.3 Å². The number of rotatable bonds is 12. The number of hydrogen-bond donors (Lipinski definition) is 6. The van der Waals surface area contributed by atoms with E-state index >= 15 is 0 Å². The van der Waals surface area contributed by atoms with Crippen molar-refractivity contribution < 1.29 is 9.59 Å². The summed E-state index contributed by atoms with van der Waals surface area (Å²) >= 11 is 0. The molecule has 1 aliphatic rings. The number of H-pyrrole nitrogens is 1. The number of nitrogens with two attached hydrogens (primary N) is 3. The van der Waals surface area contributed by atoms with E-state index in [4.69, 9.17) is 17.2 Å². The Bertz CT molecular complexity index is 965. The van der Waals surface area contributed by atoms with E-state index in [1.165, 1.54) is 19.3 Å². The van der Waals surface area contributed by atoms with Crippen LogP contribution in [0.3, 0.4) is 0 Å². The van der Waals surface area contributed by atoms with Crippen LogP contribution in [0.5, 0.6) is 0 Å². The molecule has 3 rings (SSSR count). The summed E-state index contributed by atoms with van der Waals surface area (Å²) in [7, 11) is 0. The number of aromatic nitrogens is 2. The van der Waals surface area contributed by atoms with E-state index in [0.717, 1.165) is 29.9 Å². The summed E-state index contributed by atoms with van der Waals surface area (Å²) in [6.45, 7) is 0.731. The molecule has 1 aliphatic carbocycles. The molecule has 0 radical (unpaired) electrons. The third kappa shape index (κ3) is 8.71. The third-order valence-corrected chi connectivity index (χ3v) is 6.30. The topological polar surface area (TPSA) is 177 Å². The van der Waals surface area contributed by atoms with Crippen LogP contribution in [0.25, 0.3) is 0 Å². The Morgan fingerprint density at radius 2 is 1.86 bits per heavy atom. The number of benzene rings is 1. The highest BCUT2D eigenvalue weighted by Gasteiger charge is 2.25. The Balaban J connectivity index is 1.55. The molecule has 0 unspecified atom stereocenters. The smallest absolute Gasteiger partial charge is 0.242 e. The fourth-order valence-electron chi connectivity index (χ4n) is 4.35. The maximum atomic E-state index is 12.9. The van der Waals surface area contributed by atoms with Gasteiger partial charge >= 0.3 is 0 Å². The monoisotopic (exact) mass is 482 g/mol. The van der Waals surface area contributed by atoms with Crippen molar-refractivity contribution in [2.45, 2.75) is 75.9 Å². The molecular formula is C25H38N8O2. The zero-order chi connectivity index (χ0) is 25.0. The second kappa shape index (κ2) is 13.5. The molecule has 1 heterocycles. The van der Waals surface area contributed by atoms with E-state index in [-0.39, 0.29) is 17.8 Å². The molecule has 10 nitrogen and oxygen atoms in total. The predicted octanol–water partition coefficient (Wildman–Crippen LogP) is 1.18. The lowest BCUT2D eigenvalue weighted by atomic mass is 9.89. The van der Waals surface area contributed by atoms with E-state index in [9.17, 15) is 9.59 Å². The lowest BCUT2D eigenvalue weighted by Crippen LogP contribution is -2.52. The van der Waals surface area contributed by atoms with Crippen molar-refractivity contribution in [1.29, 1.82) is 0 Å². The lowest BCUT2D eigenvalue weighted by molar-refractivity contribution is -0.129. The largest absolute Gasteiger partial charge is 0.370 e. The molecule has 9 N–H and O–H groups in total. The van der Waals surface area contributed by atoms with Crippen LogP contribution in [0.4, 0.5) is 0 Å². The highest BCUT2D eigenvalue weighted by molar-refractivity contribution is 5.89. The van der Waals surface area contributed by atoms with Crippen molar-refractivity contribution in [3.8, 4) is 0 Å². The van der Waals surface area contributed by atoms with Gasteiger partial charge in [0.25, 0.3) is 0 Å². The molecule has 2 amide bonds. The summed E-state index contributed by atoms with van der Waals surface area (Å²) in [5, 5.41) is 5.70. The SMILES string of the molecule is NC(N)=NCCC[C@H](NC(=O)[C@@H](N)Cc1cnc(C2CCCCC2)[nH]1)C(=O)NCc1ccccc1. The van der Waals surface area contributed by atoms with Gasteiger partial charge in [-0.05, 0) is 31.2 Å². The first-order valence-electron chi connectivity index (χ1n) is 12.4. The predicted molar refractivity (Wildman–Crippen MR) is 136 cm³/mol. The number of carbonyl (C=O) groups is 2. The molecule has 1 aromatic carbocycles. The minimum atomic E-state index is -0.809. The van der Waals surface area contributed by atoms with E-state index in [1.54, 1.807) is 6.20 Å². The van der Waals surface area contributed by atoms with Gasteiger partial charge in [0.05, 0.1) is 6.04 Å². The minimum absolute atomic E-state index is 0.00621. The van der Waals surface area contributed by atoms with Gasteiger partial charge in [-0.15, -0.1) is 0 Å². The maximum absolute atomic E-state index is 12.9. The Kier molecular flexibility index (Phi) is 10.1. The summed E-state index contributed by atoms with van der Waals surface area (Å²) in [4.78, 5) is 37.6. The highest BCUT2D eigenvalue weighted by atomic mass is 16.2. The quantitative estimate of drug-likeness (QED) is 0.150. The molecule has 0 aliphatic heterocycles. The molecule has 0 bridgehead atoms. The van der Waals surface area contributed by atoms with Gasteiger partial charge in [0.1, 0.15) is 11.9 Å². The fraction of sp³-hybridized carbons (Fsp3) is 0.520. The van der Waals surface area contributed by atoms with Crippen LogP contribution in [0.15, 0.2) is 41.5 Å². The fourth-order valence-corrected chi connectivity index (χ4v) is 4.35. The molecule has 1 saturated carbocycles. The number of aromatic amines is 1. The van der Waals surface area contributed by atoms with Crippen molar-refractivity contribution in [2.24, 2.45) is 22.2 Å². The van der Waals surface area contributed by atoms with E-state index < -0.39 is 12.1 Å². The first kappa shape index (κ1) is 26.2. The van der Waals surface area contributed by atoms with Gasteiger partial charge in [-0.1, -0.05) is 49.6 Å². The van der Waals surface area contributed by atoms with Crippen LogP contribution in [0.1, 0.15) is 67.9 Å². The Morgan fingerprint density at radius 1 is 1.11 bits per heavy atom. The number of nitrogens with zero attached hydrogens (tertiary/aromatic N) is 2. The van der Waals surface area contributed by atoms with Crippen molar-refractivity contribution >= 4 is 17.8 Å².